The predicted octanol–water partition coefficient (Wildman–Crippen LogP) is 1.80. The molecule has 0 bridgehead atoms. The molecule has 4 rings (SSSR count). The number of Topliss-reactive ketones (excluding diaryl/α,β-unsaturated/α-hetero) is 2. The Morgan fingerprint density at radius 3 is 2.83 bits per heavy atom. The molecule has 86 valence electrons. The first-order valence-electron chi connectivity index (χ1n) is 5.71. The second-order valence-electron chi connectivity index (χ2n) is 4.47. The number of ketones is 2. The van der Waals surface area contributed by atoms with Crippen LogP contribution in [-0.2, 0) is 6.42 Å². The van der Waals surface area contributed by atoms with E-state index in [1.165, 1.54) is 6.33 Å². The summed E-state index contributed by atoms with van der Waals surface area (Å²) in [5.41, 5.74) is 3.61. The van der Waals surface area contributed by atoms with Crippen LogP contribution in [-0.4, -0.2) is 21.5 Å². The van der Waals surface area contributed by atoms with Gasteiger partial charge in [0.15, 0.2) is 0 Å². The molecule has 4 heteroatoms. The first-order valence-corrected chi connectivity index (χ1v) is 5.71. The fourth-order valence-corrected chi connectivity index (χ4v) is 2.72. The van der Waals surface area contributed by atoms with Crippen molar-refractivity contribution >= 4 is 17.1 Å². The van der Waals surface area contributed by atoms with Crippen LogP contribution in [0, 0.1) is 0 Å². The summed E-state index contributed by atoms with van der Waals surface area (Å²) in [4.78, 5) is 31.4. The topological polar surface area (TPSA) is 62.8 Å². The van der Waals surface area contributed by atoms with Crippen molar-refractivity contribution in [2.24, 2.45) is 0 Å². The number of hydrogen-bond acceptors (Lipinski definition) is 3. The predicted molar refractivity (Wildman–Crippen MR) is 64.3 cm³/mol. The van der Waals surface area contributed by atoms with Crippen LogP contribution in [0.1, 0.15) is 32.1 Å². The Labute approximate surface area is 102 Å². The van der Waals surface area contributed by atoms with E-state index in [1.807, 2.05) is 24.3 Å². The highest BCUT2D eigenvalue weighted by atomic mass is 16.1. The smallest absolute Gasteiger partial charge is 0.214 e. The number of allylic oxidation sites excluding steroid dienone is 2. The van der Waals surface area contributed by atoms with Gasteiger partial charge in [-0.25, -0.2) is 4.98 Å². The second kappa shape index (κ2) is 3.04. The van der Waals surface area contributed by atoms with E-state index in [0.29, 0.717) is 23.3 Å². The molecule has 1 N–H and O–H groups in total. The summed E-state index contributed by atoms with van der Waals surface area (Å²) in [5, 5.41) is 0. The van der Waals surface area contributed by atoms with Gasteiger partial charge >= 0.3 is 0 Å². The van der Waals surface area contributed by atoms with Crippen LogP contribution >= 0.6 is 0 Å². The normalized spacial score (nSPS) is 16.7. The molecule has 2 aromatic rings. The van der Waals surface area contributed by atoms with Gasteiger partial charge in [0.1, 0.15) is 11.4 Å². The lowest BCUT2D eigenvalue weighted by atomic mass is 9.90. The average molecular weight is 236 g/mol. The quantitative estimate of drug-likeness (QED) is 0.758. The fourth-order valence-electron chi connectivity index (χ4n) is 2.72. The van der Waals surface area contributed by atoms with Crippen molar-refractivity contribution in [2.45, 2.75) is 6.42 Å². The summed E-state index contributed by atoms with van der Waals surface area (Å²) in [5.74, 6) is -0.251. The molecule has 1 aromatic heterocycles. The average Bonchev–Trinajstić information content (AvgIpc) is 3.00. The first-order chi connectivity index (χ1) is 8.77. The van der Waals surface area contributed by atoms with Crippen LogP contribution in [0.4, 0.5) is 0 Å². The molecular formula is C14H8N2O2. The van der Waals surface area contributed by atoms with Gasteiger partial charge < -0.3 is 4.98 Å². The van der Waals surface area contributed by atoms with Crippen LogP contribution in [0.2, 0.25) is 0 Å². The Kier molecular flexibility index (Phi) is 1.61. The molecule has 1 aromatic carbocycles. The molecular weight excluding hydrogens is 228 g/mol. The van der Waals surface area contributed by atoms with Gasteiger partial charge in [-0.15, -0.1) is 0 Å². The zero-order valence-electron chi connectivity index (χ0n) is 9.36. The molecule has 0 saturated carbocycles. The third kappa shape index (κ3) is 0.977. The van der Waals surface area contributed by atoms with Gasteiger partial charge in [-0.3, -0.25) is 9.59 Å². The van der Waals surface area contributed by atoms with Crippen LogP contribution < -0.4 is 0 Å². The van der Waals surface area contributed by atoms with E-state index < -0.39 is 0 Å². The largest absolute Gasteiger partial charge is 0.341 e. The van der Waals surface area contributed by atoms with E-state index in [0.717, 1.165) is 11.1 Å². The summed E-state index contributed by atoms with van der Waals surface area (Å²) in [7, 11) is 0. The number of carbonyl (C=O) groups is 2. The molecule has 0 amide bonds. The van der Waals surface area contributed by atoms with Gasteiger partial charge in [0.05, 0.1) is 6.33 Å². The van der Waals surface area contributed by atoms with Crippen molar-refractivity contribution in [3.63, 3.8) is 0 Å². The maximum absolute atomic E-state index is 12.4. The maximum atomic E-state index is 12.4. The molecule has 0 spiro atoms. The number of aromatic amines is 1. The number of nitrogens with one attached hydrogen (secondary N) is 1. The van der Waals surface area contributed by atoms with Gasteiger partial charge in [-0.1, -0.05) is 24.3 Å². The molecule has 0 radical (unpaired) electrons. The Balaban J connectivity index is 2.01. The number of imidazole rings is 1. The number of benzene rings is 1. The number of rotatable bonds is 0. The number of hydrogen-bond donors (Lipinski definition) is 1. The lowest BCUT2D eigenvalue weighted by molar-refractivity contribution is 0.0986. The van der Waals surface area contributed by atoms with Crippen molar-refractivity contribution < 1.29 is 9.59 Å². The van der Waals surface area contributed by atoms with E-state index >= 15 is 0 Å². The highest BCUT2D eigenvalue weighted by Crippen LogP contribution is 2.39. The van der Waals surface area contributed by atoms with Gasteiger partial charge in [0.25, 0.3) is 0 Å². The van der Waals surface area contributed by atoms with Crippen LogP contribution in [0.15, 0.2) is 36.2 Å². The third-order valence-corrected chi connectivity index (χ3v) is 3.54. The maximum Gasteiger partial charge on any atom is 0.214 e. The molecule has 0 aliphatic heterocycles. The molecule has 1 heterocycles. The molecule has 4 nitrogen and oxygen atoms in total. The van der Waals surface area contributed by atoms with Gasteiger partial charge in [-0.05, 0) is 11.1 Å². The van der Waals surface area contributed by atoms with E-state index in [1.54, 1.807) is 0 Å². The summed E-state index contributed by atoms with van der Waals surface area (Å²) in [6.45, 7) is 0. The van der Waals surface area contributed by atoms with Crippen LogP contribution in [0.3, 0.4) is 0 Å². The standard InChI is InChI=1S/C14H8N2O2/c17-13-9-5-7-3-1-2-4-8(7)10(9)14(18)12-11(13)15-6-16-12/h1-4,6H,5H2,(H,15,16). The molecule has 0 fully saturated rings. The molecule has 18 heavy (non-hydrogen) atoms. The highest BCUT2D eigenvalue weighted by molar-refractivity contribution is 6.40. The van der Waals surface area contributed by atoms with Crippen LogP contribution in [0.5, 0.6) is 0 Å². The lowest BCUT2D eigenvalue weighted by Crippen LogP contribution is -2.19. The summed E-state index contributed by atoms with van der Waals surface area (Å²) in [6, 6.07) is 7.65. The highest BCUT2D eigenvalue weighted by Gasteiger charge is 2.38. The Bertz CT molecular complexity index is 753. The van der Waals surface area contributed by atoms with Gasteiger partial charge in [0, 0.05) is 17.6 Å². The summed E-state index contributed by atoms with van der Waals surface area (Å²) >= 11 is 0. The van der Waals surface area contributed by atoms with E-state index in [2.05, 4.69) is 9.97 Å². The zero-order chi connectivity index (χ0) is 12.3. The lowest BCUT2D eigenvalue weighted by Gasteiger charge is -2.11. The monoisotopic (exact) mass is 236 g/mol. The Morgan fingerprint density at radius 2 is 1.94 bits per heavy atom. The van der Waals surface area contributed by atoms with Crippen LogP contribution in [0.25, 0.3) is 5.57 Å². The number of nitrogens with zero attached hydrogens (tertiary/aromatic N) is 1. The minimum atomic E-state index is -0.147. The molecule has 2 aliphatic carbocycles. The summed E-state index contributed by atoms with van der Waals surface area (Å²) < 4.78 is 0. The first kappa shape index (κ1) is 9.53. The van der Waals surface area contributed by atoms with Crippen molar-refractivity contribution in [1.29, 1.82) is 0 Å². The zero-order valence-corrected chi connectivity index (χ0v) is 9.36. The molecule has 0 atom stereocenters. The minimum absolute atomic E-state index is 0.103. The van der Waals surface area contributed by atoms with Crippen molar-refractivity contribution in [3.05, 3.63) is 58.7 Å². The fraction of sp³-hybridized carbons (Fsp3) is 0.0714. The van der Waals surface area contributed by atoms with Gasteiger partial charge in [-0.2, -0.15) is 0 Å². The number of H-pyrrole nitrogens is 1. The van der Waals surface area contributed by atoms with Crippen molar-refractivity contribution in [2.75, 3.05) is 0 Å². The molecule has 2 aliphatic rings. The molecule has 0 saturated heterocycles. The van der Waals surface area contributed by atoms with Crippen molar-refractivity contribution in [3.8, 4) is 0 Å². The third-order valence-electron chi connectivity index (χ3n) is 3.54. The number of fused-ring (bicyclic) bond motifs is 3. The number of carbonyl (C=O) groups excluding carboxylic acids is 2. The van der Waals surface area contributed by atoms with E-state index in [-0.39, 0.29) is 17.3 Å². The Morgan fingerprint density at radius 1 is 1.11 bits per heavy atom. The SMILES string of the molecule is O=C1C2=C(Cc3ccccc32)C(=O)c2[nH]cnc21. The Hall–Kier alpha value is -2.49. The number of aromatic nitrogens is 2. The van der Waals surface area contributed by atoms with E-state index in [9.17, 15) is 9.59 Å². The molecule has 0 unspecified atom stereocenters. The van der Waals surface area contributed by atoms with E-state index in [4.69, 9.17) is 0 Å². The van der Waals surface area contributed by atoms with Crippen molar-refractivity contribution in [1.82, 2.24) is 9.97 Å². The van der Waals surface area contributed by atoms with Gasteiger partial charge in [0.2, 0.25) is 11.6 Å². The minimum Gasteiger partial charge on any atom is -0.341 e. The second-order valence-corrected chi connectivity index (χ2v) is 4.47. The summed E-state index contributed by atoms with van der Waals surface area (Å²) in [6.07, 6.45) is 1.93.